The molecule has 3 aromatic rings. The summed E-state index contributed by atoms with van der Waals surface area (Å²) in [4.78, 5) is 15.2. The lowest BCUT2D eigenvalue weighted by atomic mass is 9.87. The number of aliphatic hydroxyl groups excluding tert-OH is 2. The molecule has 8 nitrogen and oxygen atoms in total. The number of likely N-dealkylation sites (tertiary alicyclic amines) is 1. The molecule has 1 unspecified atom stereocenters. The number of phenolic OH excluding ortho intramolecular Hbond substituents is 1. The highest BCUT2D eigenvalue weighted by Crippen LogP contribution is 2.42. The van der Waals surface area contributed by atoms with Crippen LogP contribution in [0.25, 0.3) is 0 Å². The monoisotopic (exact) mass is 552 g/mol. The van der Waals surface area contributed by atoms with Gasteiger partial charge >= 0.3 is 0 Å². The molecule has 3 aromatic carbocycles. The van der Waals surface area contributed by atoms with Crippen LogP contribution in [0.1, 0.15) is 47.4 Å². The zero-order valence-corrected chi connectivity index (χ0v) is 22.5. The summed E-state index contributed by atoms with van der Waals surface area (Å²) in [6.07, 6.45) is 1.08. The minimum Gasteiger partial charge on any atom is -0.508 e. The summed E-state index contributed by atoms with van der Waals surface area (Å²) in [5.41, 5.74) is 2.35. The third kappa shape index (κ3) is 6.47. The van der Waals surface area contributed by atoms with Crippen molar-refractivity contribution < 1.29 is 29.6 Å². The van der Waals surface area contributed by atoms with Crippen molar-refractivity contribution in [2.75, 3.05) is 31.6 Å². The number of aliphatic hydroxyl groups is 2. The Balaban J connectivity index is 1.15. The fourth-order valence-corrected chi connectivity index (χ4v) is 5.45. The summed E-state index contributed by atoms with van der Waals surface area (Å²) in [5.74, 6) is 0.601. The molecule has 2 heterocycles. The van der Waals surface area contributed by atoms with Crippen LogP contribution in [-0.4, -0.2) is 64.1 Å². The Morgan fingerprint density at radius 1 is 1.13 bits per heavy atom. The molecule has 0 saturated carbocycles. The van der Waals surface area contributed by atoms with Gasteiger partial charge in [-0.15, -0.1) is 0 Å². The van der Waals surface area contributed by atoms with E-state index in [2.05, 4.69) is 10.2 Å². The first-order valence-electron chi connectivity index (χ1n) is 13.1. The standard InChI is InChI=1S/C30H33ClN2O6/c1-19(34)20-3-2-4-23(14-20)32-29(37)26-7-6-24(35)15-28(26)38-18-25(36)17-33-11-9-30(10-12-33)16-21-13-22(31)5-8-27(21)39-30/h2-8,13-15,19,25,34-36H,9-12,16-18H2,1H3,(H,32,37)/t19?,25-/m1/s1. The minimum absolute atomic E-state index is 0.0384. The largest absolute Gasteiger partial charge is 0.508 e. The lowest BCUT2D eigenvalue weighted by Gasteiger charge is -2.39. The Morgan fingerprint density at radius 2 is 1.92 bits per heavy atom. The molecule has 1 spiro atoms. The number of rotatable bonds is 8. The third-order valence-electron chi connectivity index (χ3n) is 7.37. The number of amides is 1. The van der Waals surface area contributed by atoms with Crippen LogP contribution in [0, 0.1) is 0 Å². The maximum atomic E-state index is 13.0. The number of carbonyl (C=O) groups excluding carboxylic acids is 1. The molecule has 5 rings (SSSR count). The fourth-order valence-electron chi connectivity index (χ4n) is 5.25. The first-order chi connectivity index (χ1) is 18.7. The number of nitrogens with one attached hydrogen (secondary N) is 1. The molecule has 0 aliphatic carbocycles. The van der Waals surface area contributed by atoms with Crippen molar-refractivity contribution in [3.05, 3.63) is 82.4 Å². The third-order valence-corrected chi connectivity index (χ3v) is 7.60. The molecule has 2 aliphatic rings. The van der Waals surface area contributed by atoms with Crippen molar-refractivity contribution in [2.45, 2.75) is 44.0 Å². The number of aromatic hydroxyl groups is 1. The van der Waals surface area contributed by atoms with Gasteiger partial charge in [0.25, 0.3) is 5.91 Å². The Kier molecular flexibility index (Phi) is 8.00. The van der Waals surface area contributed by atoms with Crippen molar-refractivity contribution in [2.24, 2.45) is 0 Å². The summed E-state index contributed by atoms with van der Waals surface area (Å²) >= 11 is 6.15. The maximum absolute atomic E-state index is 13.0. The van der Waals surface area contributed by atoms with Gasteiger partial charge < -0.3 is 35.0 Å². The molecule has 1 saturated heterocycles. The highest BCUT2D eigenvalue weighted by molar-refractivity contribution is 6.30. The van der Waals surface area contributed by atoms with Crippen LogP contribution in [0.4, 0.5) is 5.69 Å². The number of halogens is 1. The number of carbonyl (C=O) groups is 1. The molecular weight excluding hydrogens is 520 g/mol. The second-order valence-electron chi connectivity index (χ2n) is 10.4. The molecule has 1 fully saturated rings. The SMILES string of the molecule is CC(O)c1cccc(NC(=O)c2ccc(O)cc2OC[C@H](O)CN2CCC3(CC2)Cc2cc(Cl)ccc2O3)c1. The lowest BCUT2D eigenvalue weighted by molar-refractivity contribution is -0.00200. The summed E-state index contributed by atoms with van der Waals surface area (Å²) in [7, 11) is 0. The highest BCUT2D eigenvalue weighted by Gasteiger charge is 2.42. The Hall–Kier alpha value is -3.30. The van der Waals surface area contributed by atoms with Gasteiger partial charge in [-0.05, 0) is 60.5 Å². The lowest BCUT2D eigenvalue weighted by Crippen LogP contribution is -2.49. The molecule has 9 heteroatoms. The first kappa shape index (κ1) is 27.3. The van der Waals surface area contributed by atoms with Crippen LogP contribution in [-0.2, 0) is 6.42 Å². The van der Waals surface area contributed by atoms with Crippen molar-refractivity contribution >= 4 is 23.2 Å². The number of phenols is 1. The average Bonchev–Trinajstić information content (AvgIpc) is 3.26. The minimum atomic E-state index is -0.791. The van der Waals surface area contributed by atoms with Crippen molar-refractivity contribution in [1.82, 2.24) is 4.90 Å². The van der Waals surface area contributed by atoms with Crippen LogP contribution < -0.4 is 14.8 Å². The molecule has 1 amide bonds. The number of fused-ring (bicyclic) bond motifs is 1. The van der Waals surface area contributed by atoms with E-state index in [-0.39, 0.29) is 29.3 Å². The van der Waals surface area contributed by atoms with Gasteiger partial charge in [-0.3, -0.25) is 4.79 Å². The molecule has 206 valence electrons. The topological polar surface area (TPSA) is 111 Å². The van der Waals surface area contributed by atoms with Crippen LogP contribution in [0.3, 0.4) is 0 Å². The summed E-state index contributed by atoms with van der Waals surface area (Å²) < 4.78 is 12.1. The van der Waals surface area contributed by atoms with E-state index in [1.54, 1.807) is 31.2 Å². The van der Waals surface area contributed by atoms with E-state index >= 15 is 0 Å². The highest BCUT2D eigenvalue weighted by atomic mass is 35.5. The van der Waals surface area contributed by atoms with Crippen molar-refractivity contribution in [3.63, 3.8) is 0 Å². The number of hydrogen-bond acceptors (Lipinski definition) is 7. The molecular formula is C30H33ClN2O6. The predicted octanol–water partition coefficient (Wildman–Crippen LogP) is 4.56. The van der Waals surface area contributed by atoms with Gasteiger partial charge in [-0.25, -0.2) is 0 Å². The van der Waals surface area contributed by atoms with E-state index in [0.717, 1.165) is 43.7 Å². The zero-order chi connectivity index (χ0) is 27.6. The fraction of sp³-hybridized carbons (Fsp3) is 0.367. The molecule has 2 atom stereocenters. The maximum Gasteiger partial charge on any atom is 0.259 e. The quantitative estimate of drug-likeness (QED) is 0.324. The summed E-state index contributed by atoms with van der Waals surface area (Å²) in [6.45, 7) is 3.59. The van der Waals surface area contributed by atoms with Crippen LogP contribution in [0.5, 0.6) is 17.2 Å². The predicted molar refractivity (Wildman–Crippen MR) is 149 cm³/mol. The number of benzene rings is 3. The first-order valence-corrected chi connectivity index (χ1v) is 13.5. The van der Waals surface area contributed by atoms with Gasteiger partial charge in [0.2, 0.25) is 0 Å². The second-order valence-corrected chi connectivity index (χ2v) is 10.9. The Bertz CT molecular complexity index is 1340. The van der Waals surface area contributed by atoms with E-state index in [9.17, 15) is 20.1 Å². The number of piperidine rings is 1. The number of hydrogen-bond donors (Lipinski definition) is 4. The Labute approximate surface area is 232 Å². The van der Waals surface area contributed by atoms with Crippen LogP contribution in [0.15, 0.2) is 60.7 Å². The molecule has 4 N–H and O–H groups in total. The Morgan fingerprint density at radius 3 is 2.69 bits per heavy atom. The van der Waals surface area contributed by atoms with E-state index in [4.69, 9.17) is 21.1 Å². The van der Waals surface area contributed by atoms with E-state index < -0.39 is 18.1 Å². The summed E-state index contributed by atoms with van der Waals surface area (Å²) in [6, 6.07) is 16.9. The van der Waals surface area contributed by atoms with Gasteiger partial charge in [-0.2, -0.15) is 0 Å². The van der Waals surface area contributed by atoms with Crippen LogP contribution in [0.2, 0.25) is 5.02 Å². The van der Waals surface area contributed by atoms with E-state index in [0.29, 0.717) is 22.8 Å². The number of anilines is 1. The number of ether oxygens (including phenoxy) is 2. The smallest absolute Gasteiger partial charge is 0.259 e. The zero-order valence-electron chi connectivity index (χ0n) is 21.8. The van der Waals surface area contributed by atoms with Crippen LogP contribution >= 0.6 is 11.6 Å². The second kappa shape index (κ2) is 11.4. The van der Waals surface area contributed by atoms with Crippen molar-refractivity contribution in [1.29, 1.82) is 0 Å². The molecule has 2 aliphatic heterocycles. The normalized spacial score (nSPS) is 17.7. The van der Waals surface area contributed by atoms with E-state index in [1.807, 2.05) is 18.2 Å². The summed E-state index contributed by atoms with van der Waals surface area (Å²) in [5, 5.41) is 34.0. The number of β-amino-alcohol motifs (C(OH)–C–C–N with tert-alkyl or cyclic N) is 1. The number of nitrogens with zero attached hydrogens (tertiary/aromatic N) is 1. The van der Waals surface area contributed by atoms with Gasteiger partial charge in [0, 0.05) is 55.7 Å². The van der Waals surface area contributed by atoms with E-state index in [1.165, 1.54) is 18.2 Å². The molecule has 0 bridgehead atoms. The van der Waals surface area contributed by atoms with Crippen molar-refractivity contribution in [3.8, 4) is 17.2 Å². The molecule has 0 aromatic heterocycles. The molecule has 39 heavy (non-hydrogen) atoms. The van der Waals surface area contributed by atoms with Gasteiger partial charge in [0.15, 0.2) is 0 Å². The average molecular weight is 553 g/mol. The van der Waals surface area contributed by atoms with Gasteiger partial charge in [-0.1, -0.05) is 23.7 Å². The van der Waals surface area contributed by atoms with Gasteiger partial charge in [0.1, 0.15) is 35.6 Å². The molecule has 0 radical (unpaired) electrons. The van der Waals surface area contributed by atoms with Gasteiger partial charge in [0.05, 0.1) is 11.7 Å².